The lowest BCUT2D eigenvalue weighted by atomic mass is 10.1. The number of nitrogens with one attached hydrogen (secondary N) is 1. The molecule has 6 heteroatoms. The van der Waals surface area contributed by atoms with Crippen molar-refractivity contribution in [3.05, 3.63) is 48.0 Å². The highest BCUT2D eigenvalue weighted by atomic mass is 32.2. The Bertz CT molecular complexity index is 753. The second-order valence-corrected chi connectivity index (χ2v) is 9.01. The van der Waals surface area contributed by atoms with Gasteiger partial charge in [0.15, 0.2) is 0 Å². The molecule has 1 saturated heterocycles. The molecule has 2 aromatic heterocycles. The number of aromatic nitrogens is 1. The third-order valence-electron chi connectivity index (χ3n) is 5.76. The summed E-state index contributed by atoms with van der Waals surface area (Å²) in [5, 5.41) is 4.61. The number of hydrogen-bond acceptors (Lipinski definition) is 5. The smallest absolute Gasteiger partial charge is 0.254 e. The largest absolute Gasteiger partial charge is 0.468 e. The summed E-state index contributed by atoms with van der Waals surface area (Å²) in [5.41, 5.74) is 0.691. The molecule has 0 aromatic carbocycles. The topological polar surface area (TPSA) is 58.4 Å². The summed E-state index contributed by atoms with van der Waals surface area (Å²) >= 11 is 1.77. The Kier molecular flexibility index (Phi) is 6.70. The Balaban J connectivity index is 1.43. The van der Waals surface area contributed by atoms with E-state index in [9.17, 15) is 4.79 Å². The third kappa shape index (κ3) is 4.78. The van der Waals surface area contributed by atoms with E-state index >= 15 is 0 Å². The van der Waals surface area contributed by atoms with Crippen LogP contribution in [0.1, 0.15) is 67.1 Å². The molecule has 0 bridgehead atoms. The van der Waals surface area contributed by atoms with E-state index in [1.807, 2.05) is 24.3 Å². The van der Waals surface area contributed by atoms with Gasteiger partial charge in [-0.3, -0.25) is 9.69 Å². The number of carbonyl (C=O) groups is 1. The minimum Gasteiger partial charge on any atom is -0.468 e. The highest BCUT2D eigenvalue weighted by Crippen LogP contribution is 2.35. The van der Waals surface area contributed by atoms with Crippen molar-refractivity contribution in [2.24, 2.45) is 0 Å². The number of piperidine rings is 1. The van der Waals surface area contributed by atoms with Gasteiger partial charge in [0, 0.05) is 18.0 Å². The zero-order valence-corrected chi connectivity index (χ0v) is 17.1. The Hall–Kier alpha value is -1.79. The third-order valence-corrected chi connectivity index (χ3v) is 7.11. The Morgan fingerprint density at radius 1 is 1.18 bits per heavy atom. The first kappa shape index (κ1) is 19.5. The quantitative estimate of drug-likeness (QED) is 0.733. The number of carbonyl (C=O) groups excluding carboxylic acids is 1. The lowest BCUT2D eigenvalue weighted by Gasteiger charge is -2.33. The molecule has 5 nitrogen and oxygen atoms in total. The van der Waals surface area contributed by atoms with Crippen LogP contribution in [0.5, 0.6) is 0 Å². The summed E-state index contributed by atoms with van der Waals surface area (Å²) in [4.78, 5) is 19.9. The van der Waals surface area contributed by atoms with E-state index in [-0.39, 0.29) is 11.9 Å². The van der Waals surface area contributed by atoms with Crippen molar-refractivity contribution in [1.82, 2.24) is 15.2 Å². The van der Waals surface area contributed by atoms with Gasteiger partial charge in [0.05, 0.1) is 17.9 Å². The molecule has 1 saturated carbocycles. The molecule has 1 aliphatic carbocycles. The molecule has 4 rings (SSSR count). The number of amides is 1. The summed E-state index contributed by atoms with van der Waals surface area (Å²) < 4.78 is 5.69. The monoisotopic (exact) mass is 399 g/mol. The average molecular weight is 400 g/mol. The van der Waals surface area contributed by atoms with Crippen molar-refractivity contribution >= 4 is 17.7 Å². The van der Waals surface area contributed by atoms with Crippen LogP contribution < -0.4 is 5.32 Å². The van der Waals surface area contributed by atoms with Gasteiger partial charge in [-0.25, -0.2) is 4.98 Å². The van der Waals surface area contributed by atoms with Gasteiger partial charge < -0.3 is 9.73 Å². The van der Waals surface area contributed by atoms with Crippen LogP contribution in [0.3, 0.4) is 0 Å². The minimum absolute atomic E-state index is 0.0397. The van der Waals surface area contributed by atoms with E-state index in [1.54, 1.807) is 24.2 Å². The number of likely N-dealkylation sites (tertiary alicyclic amines) is 1. The van der Waals surface area contributed by atoms with Crippen LogP contribution in [0, 0.1) is 0 Å². The maximum absolute atomic E-state index is 13.0. The molecule has 3 heterocycles. The molecule has 1 amide bonds. The summed E-state index contributed by atoms with van der Waals surface area (Å²) in [7, 11) is 0. The highest BCUT2D eigenvalue weighted by molar-refractivity contribution is 7.99. The van der Waals surface area contributed by atoms with E-state index in [0.717, 1.165) is 23.9 Å². The normalized spacial score (nSPS) is 19.6. The van der Waals surface area contributed by atoms with E-state index < -0.39 is 0 Å². The van der Waals surface area contributed by atoms with Gasteiger partial charge in [0.1, 0.15) is 10.8 Å². The first-order chi connectivity index (χ1) is 13.8. The van der Waals surface area contributed by atoms with Crippen molar-refractivity contribution in [2.75, 3.05) is 19.6 Å². The molecular weight excluding hydrogens is 370 g/mol. The Labute approximate surface area is 171 Å². The summed E-state index contributed by atoms with van der Waals surface area (Å²) in [6.45, 7) is 2.66. The van der Waals surface area contributed by atoms with Gasteiger partial charge >= 0.3 is 0 Å². The van der Waals surface area contributed by atoms with Gasteiger partial charge in [-0.1, -0.05) is 19.3 Å². The first-order valence-electron chi connectivity index (χ1n) is 10.5. The number of hydrogen-bond donors (Lipinski definition) is 1. The minimum atomic E-state index is -0.0397. The molecule has 1 N–H and O–H groups in total. The van der Waals surface area contributed by atoms with Crippen LogP contribution in [0.2, 0.25) is 0 Å². The maximum atomic E-state index is 13.0. The molecule has 2 aromatic rings. The van der Waals surface area contributed by atoms with Crippen LogP contribution in [0.4, 0.5) is 0 Å². The fraction of sp³-hybridized carbons (Fsp3) is 0.545. The van der Waals surface area contributed by atoms with Gasteiger partial charge in [-0.15, -0.1) is 11.8 Å². The summed E-state index contributed by atoms with van der Waals surface area (Å²) in [6, 6.07) is 7.76. The molecule has 0 spiro atoms. The van der Waals surface area contributed by atoms with Crippen LogP contribution in [-0.2, 0) is 0 Å². The molecule has 0 unspecified atom stereocenters. The van der Waals surface area contributed by atoms with Gasteiger partial charge in [0.25, 0.3) is 5.91 Å². The fourth-order valence-electron chi connectivity index (χ4n) is 4.23. The number of pyridine rings is 1. The molecule has 1 atom stereocenters. The lowest BCUT2D eigenvalue weighted by Crippen LogP contribution is -2.40. The van der Waals surface area contributed by atoms with Crippen molar-refractivity contribution < 1.29 is 9.21 Å². The van der Waals surface area contributed by atoms with Gasteiger partial charge in [0.2, 0.25) is 0 Å². The van der Waals surface area contributed by atoms with Crippen LogP contribution in [-0.4, -0.2) is 40.7 Å². The van der Waals surface area contributed by atoms with Crippen molar-refractivity contribution in [3.8, 4) is 0 Å². The predicted molar refractivity (Wildman–Crippen MR) is 112 cm³/mol. The van der Waals surface area contributed by atoms with Crippen molar-refractivity contribution in [2.45, 2.75) is 61.3 Å². The zero-order chi connectivity index (χ0) is 19.2. The number of furan rings is 1. The molecular formula is C22H29N3O2S. The fourth-order valence-corrected chi connectivity index (χ4v) is 5.52. The van der Waals surface area contributed by atoms with E-state index in [4.69, 9.17) is 4.42 Å². The molecule has 2 aliphatic rings. The molecule has 28 heavy (non-hydrogen) atoms. The van der Waals surface area contributed by atoms with Crippen molar-refractivity contribution in [3.63, 3.8) is 0 Å². The first-order valence-corrected chi connectivity index (χ1v) is 11.4. The Morgan fingerprint density at radius 3 is 2.75 bits per heavy atom. The Morgan fingerprint density at radius 2 is 2.00 bits per heavy atom. The van der Waals surface area contributed by atoms with Crippen LogP contribution in [0.25, 0.3) is 0 Å². The molecule has 1 aliphatic heterocycles. The molecule has 150 valence electrons. The average Bonchev–Trinajstić information content (AvgIpc) is 3.44. The standard InChI is InChI=1S/C22H29N3O2S/c26-21(18-10-6-12-23-22(18)28-17-8-2-3-9-17)24-16-19(20-11-7-15-27-20)25-13-4-1-5-14-25/h6-7,10-12,15,17,19H,1-5,8-9,13-14,16H2,(H,24,26)/t19-/m0/s1. The summed E-state index contributed by atoms with van der Waals surface area (Å²) in [6.07, 6.45) is 12.2. The van der Waals surface area contributed by atoms with Crippen molar-refractivity contribution in [1.29, 1.82) is 0 Å². The second kappa shape index (κ2) is 9.61. The molecule has 0 radical (unpaired) electrons. The maximum Gasteiger partial charge on any atom is 0.254 e. The SMILES string of the molecule is O=C(NC[C@@H](c1ccco1)N1CCCCC1)c1cccnc1SC1CCCC1. The highest BCUT2D eigenvalue weighted by Gasteiger charge is 2.26. The zero-order valence-electron chi connectivity index (χ0n) is 16.3. The number of rotatable bonds is 7. The molecule has 2 fully saturated rings. The van der Waals surface area contributed by atoms with Gasteiger partial charge in [-0.05, 0) is 63.0 Å². The number of nitrogens with zero attached hydrogens (tertiary/aromatic N) is 2. The van der Waals surface area contributed by atoms with Gasteiger partial charge in [-0.2, -0.15) is 0 Å². The summed E-state index contributed by atoms with van der Waals surface area (Å²) in [5.74, 6) is 0.885. The van der Waals surface area contributed by atoms with Crippen LogP contribution in [0.15, 0.2) is 46.2 Å². The predicted octanol–water partition coefficient (Wildman–Crippen LogP) is 4.67. The van der Waals surface area contributed by atoms with E-state index in [0.29, 0.717) is 17.4 Å². The second-order valence-electron chi connectivity index (χ2n) is 7.72. The van der Waals surface area contributed by atoms with Crippen LogP contribution >= 0.6 is 11.8 Å². The lowest BCUT2D eigenvalue weighted by molar-refractivity contribution is 0.0910. The van der Waals surface area contributed by atoms with E-state index in [1.165, 1.54) is 44.9 Å². The van der Waals surface area contributed by atoms with E-state index in [2.05, 4.69) is 15.2 Å². The number of thioether (sulfide) groups is 1.